The molecule has 3 aromatic heterocycles. The number of furan rings is 1. The van der Waals surface area contributed by atoms with Crippen LogP contribution in [0.4, 0.5) is 0 Å². The summed E-state index contributed by atoms with van der Waals surface area (Å²) in [7, 11) is 1.81. The van der Waals surface area contributed by atoms with Gasteiger partial charge in [0.1, 0.15) is 5.76 Å². The monoisotopic (exact) mass is 329 g/mol. The predicted octanol–water partition coefficient (Wildman–Crippen LogP) is 3.82. The van der Waals surface area contributed by atoms with E-state index in [1.807, 2.05) is 49.7 Å². The van der Waals surface area contributed by atoms with Gasteiger partial charge in [-0.2, -0.15) is 5.10 Å². The maximum Gasteiger partial charge on any atom is 0.274 e. The molecule has 0 radical (unpaired) electrons. The summed E-state index contributed by atoms with van der Waals surface area (Å²) in [5.41, 5.74) is 1.32. The second kappa shape index (κ2) is 6.83. The number of H-pyrrole nitrogens is 1. The lowest BCUT2D eigenvalue weighted by Gasteiger charge is -2.23. The first-order chi connectivity index (χ1) is 11.1. The van der Waals surface area contributed by atoms with E-state index in [2.05, 4.69) is 10.2 Å². The van der Waals surface area contributed by atoms with Gasteiger partial charge in [0.25, 0.3) is 5.91 Å². The maximum absolute atomic E-state index is 12.6. The molecule has 1 atom stereocenters. The average molecular weight is 329 g/mol. The topological polar surface area (TPSA) is 62.1 Å². The van der Waals surface area contributed by atoms with Gasteiger partial charge in [-0.3, -0.25) is 9.89 Å². The molecule has 120 valence electrons. The van der Waals surface area contributed by atoms with Crippen LogP contribution in [-0.4, -0.2) is 34.1 Å². The number of aromatic nitrogens is 2. The fourth-order valence-corrected chi connectivity index (χ4v) is 3.06. The highest BCUT2D eigenvalue weighted by Crippen LogP contribution is 2.23. The highest BCUT2D eigenvalue weighted by atomic mass is 32.1. The maximum atomic E-state index is 12.6. The van der Waals surface area contributed by atoms with Crippen LogP contribution in [-0.2, 0) is 6.42 Å². The van der Waals surface area contributed by atoms with Gasteiger partial charge in [0.15, 0.2) is 5.69 Å². The Morgan fingerprint density at radius 3 is 3.00 bits per heavy atom. The Kier molecular flexibility index (Phi) is 4.62. The summed E-state index contributed by atoms with van der Waals surface area (Å²) in [6, 6.07) is 9.73. The van der Waals surface area contributed by atoms with E-state index in [1.165, 1.54) is 0 Å². The number of aromatic amines is 1. The third-order valence-electron chi connectivity index (χ3n) is 3.95. The Balaban J connectivity index is 1.62. The number of rotatable bonds is 6. The lowest BCUT2D eigenvalue weighted by Crippen LogP contribution is -2.35. The smallest absolute Gasteiger partial charge is 0.274 e. The van der Waals surface area contributed by atoms with Crippen molar-refractivity contribution in [3.63, 3.8) is 0 Å². The van der Waals surface area contributed by atoms with Crippen molar-refractivity contribution in [3.8, 4) is 10.6 Å². The van der Waals surface area contributed by atoms with E-state index >= 15 is 0 Å². The number of thiophene rings is 1. The number of nitrogens with one attached hydrogen (secondary N) is 1. The number of aryl methyl sites for hydroxylation is 1. The molecule has 0 saturated heterocycles. The van der Waals surface area contributed by atoms with Crippen LogP contribution < -0.4 is 0 Å². The first-order valence-corrected chi connectivity index (χ1v) is 8.42. The molecule has 1 unspecified atom stereocenters. The van der Waals surface area contributed by atoms with E-state index in [1.54, 1.807) is 22.5 Å². The second-order valence-electron chi connectivity index (χ2n) is 5.53. The summed E-state index contributed by atoms with van der Waals surface area (Å²) in [6.07, 6.45) is 3.33. The lowest BCUT2D eigenvalue weighted by atomic mass is 10.1. The molecule has 6 heteroatoms. The summed E-state index contributed by atoms with van der Waals surface area (Å²) in [6.45, 7) is 2.04. The average Bonchev–Trinajstić information content (AvgIpc) is 3.32. The number of nitrogens with zero attached hydrogens (tertiary/aromatic N) is 2. The number of amides is 1. The number of hydrogen-bond donors (Lipinski definition) is 1. The third-order valence-corrected chi connectivity index (χ3v) is 4.86. The van der Waals surface area contributed by atoms with Crippen molar-refractivity contribution in [1.29, 1.82) is 0 Å². The molecular weight excluding hydrogens is 310 g/mol. The van der Waals surface area contributed by atoms with E-state index in [0.717, 1.165) is 29.2 Å². The van der Waals surface area contributed by atoms with Crippen LogP contribution in [0.15, 0.2) is 46.4 Å². The van der Waals surface area contributed by atoms with Crippen LogP contribution >= 0.6 is 11.3 Å². The minimum atomic E-state index is -0.0731. The summed E-state index contributed by atoms with van der Waals surface area (Å²) in [5.74, 6) is 0.869. The van der Waals surface area contributed by atoms with Gasteiger partial charge in [0.2, 0.25) is 0 Å². The Morgan fingerprint density at radius 2 is 2.30 bits per heavy atom. The molecule has 3 rings (SSSR count). The van der Waals surface area contributed by atoms with Crippen molar-refractivity contribution in [3.05, 3.63) is 53.4 Å². The molecule has 0 fully saturated rings. The van der Waals surface area contributed by atoms with E-state index in [9.17, 15) is 4.79 Å². The zero-order valence-corrected chi connectivity index (χ0v) is 14.0. The molecule has 0 aliphatic heterocycles. The molecule has 3 aromatic rings. The fourth-order valence-electron chi connectivity index (χ4n) is 2.37. The molecule has 0 aromatic carbocycles. The molecule has 1 amide bonds. The Bertz CT molecular complexity index is 747. The number of carbonyl (C=O) groups is 1. The Labute approximate surface area is 138 Å². The van der Waals surface area contributed by atoms with E-state index in [-0.39, 0.29) is 11.9 Å². The van der Waals surface area contributed by atoms with Crippen LogP contribution in [0, 0.1) is 0 Å². The van der Waals surface area contributed by atoms with Gasteiger partial charge in [0.05, 0.1) is 16.8 Å². The SMILES string of the molecule is CC(CCc1ccco1)N(C)C(=O)c1cc(-c2cccs2)[nH]n1. The van der Waals surface area contributed by atoms with Crippen LogP contribution in [0.2, 0.25) is 0 Å². The van der Waals surface area contributed by atoms with Crippen LogP contribution in [0.25, 0.3) is 10.6 Å². The Morgan fingerprint density at radius 1 is 1.43 bits per heavy atom. The molecule has 0 aliphatic rings. The highest BCUT2D eigenvalue weighted by Gasteiger charge is 2.20. The van der Waals surface area contributed by atoms with Crippen LogP contribution in [0.1, 0.15) is 29.6 Å². The van der Waals surface area contributed by atoms with Crippen molar-refractivity contribution < 1.29 is 9.21 Å². The molecule has 1 N–H and O–H groups in total. The van der Waals surface area contributed by atoms with Crippen molar-refractivity contribution >= 4 is 17.2 Å². The second-order valence-corrected chi connectivity index (χ2v) is 6.47. The molecule has 23 heavy (non-hydrogen) atoms. The molecule has 0 aliphatic carbocycles. The van der Waals surface area contributed by atoms with Crippen LogP contribution in [0.5, 0.6) is 0 Å². The fraction of sp³-hybridized carbons (Fsp3) is 0.294. The summed E-state index contributed by atoms with van der Waals surface area (Å²) in [5, 5.41) is 9.09. The van der Waals surface area contributed by atoms with Gasteiger partial charge >= 0.3 is 0 Å². The molecule has 3 heterocycles. The van der Waals surface area contributed by atoms with Gasteiger partial charge in [-0.05, 0) is 43.0 Å². The zero-order valence-electron chi connectivity index (χ0n) is 13.2. The Hall–Kier alpha value is -2.34. The summed E-state index contributed by atoms with van der Waals surface area (Å²) in [4.78, 5) is 15.4. The van der Waals surface area contributed by atoms with E-state index in [0.29, 0.717) is 5.69 Å². The van der Waals surface area contributed by atoms with E-state index in [4.69, 9.17) is 4.42 Å². The van der Waals surface area contributed by atoms with Crippen molar-refractivity contribution in [2.24, 2.45) is 0 Å². The molecule has 0 saturated carbocycles. The van der Waals surface area contributed by atoms with Crippen LogP contribution in [0.3, 0.4) is 0 Å². The first-order valence-electron chi connectivity index (χ1n) is 7.54. The predicted molar refractivity (Wildman–Crippen MR) is 90.5 cm³/mol. The van der Waals surface area contributed by atoms with Gasteiger partial charge in [-0.25, -0.2) is 0 Å². The summed E-state index contributed by atoms with van der Waals surface area (Å²) >= 11 is 1.62. The largest absolute Gasteiger partial charge is 0.469 e. The van der Waals surface area contributed by atoms with Gasteiger partial charge in [-0.15, -0.1) is 11.3 Å². The molecular formula is C17H19N3O2S. The summed E-state index contributed by atoms with van der Waals surface area (Å²) < 4.78 is 5.33. The van der Waals surface area contributed by atoms with E-state index < -0.39 is 0 Å². The van der Waals surface area contributed by atoms with Gasteiger partial charge < -0.3 is 9.32 Å². The quantitative estimate of drug-likeness (QED) is 0.747. The van der Waals surface area contributed by atoms with Crippen molar-refractivity contribution in [2.75, 3.05) is 7.05 Å². The zero-order chi connectivity index (χ0) is 16.2. The van der Waals surface area contributed by atoms with Gasteiger partial charge in [-0.1, -0.05) is 6.07 Å². The first kappa shape index (κ1) is 15.6. The number of carbonyl (C=O) groups excluding carboxylic acids is 1. The minimum Gasteiger partial charge on any atom is -0.469 e. The third kappa shape index (κ3) is 3.53. The van der Waals surface area contributed by atoms with Crippen molar-refractivity contribution in [1.82, 2.24) is 15.1 Å². The minimum absolute atomic E-state index is 0.0731. The highest BCUT2D eigenvalue weighted by molar-refractivity contribution is 7.13. The molecule has 0 spiro atoms. The number of hydrogen-bond acceptors (Lipinski definition) is 4. The normalized spacial score (nSPS) is 12.3. The molecule has 5 nitrogen and oxygen atoms in total. The van der Waals surface area contributed by atoms with Gasteiger partial charge in [0, 0.05) is 19.5 Å². The lowest BCUT2D eigenvalue weighted by molar-refractivity contribution is 0.0730. The standard InChI is InChI=1S/C17H19N3O2S/c1-12(7-8-13-5-3-9-22-13)20(2)17(21)15-11-14(18-19-15)16-6-4-10-23-16/h3-6,9-12H,7-8H2,1-2H3,(H,18,19). The molecule has 0 bridgehead atoms. The van der Waals surface area contributed by atoms with Crippen molar-refractivity contribution in [2.45, 2.75) is 25.8 Å².